The van der Waals surface area contributed by atoms with Crippen LogP contribution in [-0.4, -0.2) is 142 Å². The second-order valence-corrected chi connectivity index (χ2v) is 34.2. The van der Waals surface area contributed by atoms with Gasteiger partial charge in [0.25, 0.3) is 23.6 Å². The molecule has 0 N–H and O–H groups in total. The first-order chi connectivity index (χ1) is 57.4. The largest absolute Gasteiger partial charge is 0.495 e. The molecule has 119 heavy (non-hydrogen) atoms. The maximum absolute atomic E-state index is 14.3. The van der Waals surface area contributed by atoms with E-state index >= 15 is 0 Å². The lowest BCUT2D eigenvalue weighted by molar-refractivity contribution is 0.0709. The second kappa shape index (κ2) is 41.3. The molecule has 28 heteroatoms. The Hall–Kier alpha value is -9.95. The van der Waals surface area contributed by atoms with Gasteiger partial charge in [-0.1, -0.05) is 116 Å². The molecule has 3 aliphatic carbocycles. The van der Waals surface area contributed by atoms with Crippen molar-refractivity contribution in [3.63, 3.8) is 0 Å². The van der Waals surface area contributed by atoms with Gasteiger partial charge in [0, 0.05) is 97.9 Å². The molecule has 4 aromatic carbocycles. The molecule has 12 aromatic rings. The summed E-state index contributed by atoms with van der Waals surface area (Å²) in [6.07, 6.45) is 21.6. The van der Waals surface area contributed by atoms with Gasteiger partial charge in [-0.3, -0.25) is 19.2 Å². The predicted octanol–water partition coefficient (Wildman–Crippen LogP) is 21.1. The third-order valence-electron chi connectivity index (χ3n) is 21.4. The van der Waals surface area contributed by atoms with Crippen molar-refractivity contribution in [2.45, 2.75) is 190 Å². The van der Waals surface area contributed by atoms with Gasteiger partial charge in [0.1, 0.15) is 56.9 Å². The number of nitrogens with zero attached hydrogens (tertiary/aromatic N) is 16. The zero-order chi connectivity index (χ0) is 84.6. The lowest BCUT2D eigenvalue weighted by Gasteiger charge is -2.26. The van der Waals surface area contributed by atoms with E-state index in [2.05, 4.69) is 110 Å². The van der Waals surface area contributed by atoms with Crippen LogP contribution in [0.4, 0.5) is 8.78 Å². The molecule has 628 valence electrons. The summed E-state index contributed by atoms with van der Waals surface area (Å²) in [6.45, 7) is 22.5. The van der Waals surface area contributed by atoms with E-state index < -0.39 is 5.82 Å². The van der Waals surface area contributed by atoms with Gasteiger partial charge >= 0.3 is 0 Å². The highest BCUT2D eigenvalue weighted by Crippen LogP contribution is 2.38. The van der Waals surface area contributed by atoms with Gasteiger partial charge in [-0.15, -0.1) is 0 Å². The Morgan fingerprint density at radius 1 is 0.471 bits per heavy atom. The number of carbonyl (C=O) groups excluding carboxylic acids is 4. The van der Waals surface area contributed by atoms with Crippen LogP contribution in [0.25, 0.3) is 44.7 Å². The summed E-state index contributed by atoms with van der Waals surface area (Å²) >= 11 is 21.7. The van der Waals surface area contributed by atoms with E-state index in [4.69, 9.17) is 64.2 Å². The molecule has 3 aliphatic rings. The van der Waals surface area contributed by atoms with Crippen molar-refractivity contribution in [2.24, 2.45) is 23.7 Å². The molecule has 0 atom stereocenters. The third kappa shape index (κ3) is 22.2. The Kier molecular flexibility index (Phi) is 30.7. The Labute approximate surface area is 718 Å². The minimum absolute atomic E-state index is 0.0480. The average Bonchev–Trinajstić information content (AvgIpc) is 1.64. The molecule has 0 bridgehead atoms. The molecular weight excluding hydrogens is 1640 g/mol. The summed E-state index contributed by atoms with van der Waals surface area (Å²) in [5.41, 5.74) is 8.71. The molecule has 8 aromatic heterocycles. The van der Waals surface area contributed by atoms with Crippen molar-refractivity contribution in [3.8, 4) is 11.5 Å². The van der Waals surface area contributed by atoms with Crippen molar-refractivity contribution < 1.29 is 37.4 Å². The topological polar surface area (TPSA) is 223 Å². The van der Waals surface area contributed by atoms with Gasteiger partial charge in [-0.2, -0.15) is 0 Å². The molecule has 3 saturated carbocycles. The number of methoxy groups -OCH3 is 2. The number of ether oxygens (including phenoxy) is 2. The van der Waals surface area contributed by atoms with Crippen LogP contribution in [0.3, 0.4) is 0 Å². The van der Waals surface area contributed by atoms with Crippen LogP contribution >= 0.6 is 50.7 Å². The van der Waals surface area contributed by atoms with E-state index in [-0.39, 0.29) is 51.5 Å². The fraction of sp³-hybridized carbons (Fsp3) is 0.429. The van der Waals surface area contributed by atoms with Crippen molar-refractivity contribution >= 4 is 119 Å². The van der Waals surface area contributed by atoms with Crippen LogP contribution in [0.2, 0.25) is 15.1 Å². The maximum atomic E-state index is 14.3. The minimum atomic E-state index is -0.541. The fourth-order valence-corrected chi connectivity index (χ4v) is 16.7. The Balaban J connectivity index is 0.000000146. The van der Waals surface area contributed by atoms with E-state index in [0.29, 0.717) is 119 Å². The van der Waals surface area contributed by atoms with Gasteiger partial charge in [-0.25, -0.2) is 48.7 Å². The number of pyridine rings is 4. The van der Waals surface area contributed by atoms with E-state index in [0.717, 1.165) is 126 Å². The van der Waals surface area contributed by atoms with Gasteiger partial charge in [0.2, 0.25) is 0 Å². The monoisotopic (exact) mass is 1740 g/mol. The number of aromatic nitrogens is 12. The number of benzene rings is 4. The Morgan fingerprint density at radius 2 is 0.916 bits per heavy atom. The van der Waals surface area contributed by atoms with Crippen LogP contribution in [0.5, 0.6) is 11.5 Å². The molecule has 0 aliphatic heterocycles. The summed E-state index contributed by atoms with van der Waals surface area (Å²) < 4.78 is 47.1. The predicted molar refractivity (Wildman–Crippen MR) is 468 cm³/mol. The number of carbonyl (C=O) groups is 4. The van der Waals surface area contributed by atoms with E-state index in [9.17, 15) is 28.0 Å². The summed E-state index contributed by atoms with van der Waals surface area (Å²) in [6, 6.07) is 35.1. The van der Waals surface area contributed by atoms with Crippen molar-refractivity contribution in [2.75, 3.05) is 40.4 Å². The van der Waals surface area contributed by atoms with Gasteiger partial charge in [0.05, 0.1) is 60.5 Å². The lowest BCUT2D eigenvalue weighted by atomic mass is 10.1. The highest BCUT2D eigenvalue weighted by molar-refractivity contribution is 9.10. The van der Waals surface area contributed by atoms with E-state index in [1.165, 1.54) is 76.0 Å². The number of hydrogen-bond donors (Lipinski definition) is 0. The first-order valence-corrected chi connectivity index (χ1v) is 43.3. The Morgan fingerprint density at radius 3 is 1.39 bits per heavy atom. The number of hydrogen-bond acceptors (Lipinski definition) is 14. The normalized spacial score (nSPS) is 13.6. The standard InChI is InChI=1S/C25H31ClN4O2.C24H29FN4O2.C21H24BrFN4O.C21H22Cl2N4O/c1-17(2)12-14-29(25(31)18-10-11-22(32-3)20(26)15-18)16-23-28-21-9-6-13-27-24(21)30(23)19-7-4-5-8-19;1-16(2)14-28(24(30)17-10-11-21(31-3)19(25)13-17)15-22-27-20-9-6-12-26-23(20)29(22)18-7-4-5-8-18;1-4-10-27-19(25-18-6-5-9-24-20(18)27)13-26(12-14(2)3)21(28)15-7-8-17(23)16(22)11-15;1-2-10-26(21(28)16-8-7-15(22)11-17(16)23)13-19-25-18-4-3-9-24-20(18)27(19)12-14-5-6-14/h6,9-11,13,15,17,19H,4-5,7-8,12,14,16H2,1-3H3;6,9-13,16,18H,4-5,7-8,14-15H2,1-3H3;5-9,11,14H,4,10,12-13H2,1-3H3;3-4,7-9,11,14H,2,5-6,10,12-13H2,1H3. The van der Waals surface area contributed by atoms with Crippen LogP contribution in [0, 0.1) is 35.3 Å². The summed E-state index contributed by atoms with van der Waals surface area (Å²) in [5.74, 6) is 4.38. The van der Waals surface area contributed by atoms with Crippen LogP contribution in [0.15, 0.2) is 151 Å². The molecule has 0 unspecified atom stereocenters. The zero-order valence-electron chi connectivity index (χ0n) is 69.5. The molecule has 8 heterocycles. The molecule has 22 nitrogen and oxygen atoms in total. The quantitative estimate of drug-likeness (QED) is 0.0425. The first kappa shape index (κ1) is 88.3. The number of halogens is 6. The number of imidazole rings is 4. The average molecular weight is 1740 g/mol. The second-order valence-electron chi connectivity index (χ2n) is 32.1. The molecule has 0 spiro atoms. The molecular formula is C91H106BrCl3F2N16O6. The van der Waals surface area contributed by atoms with E-state index in [1.54, 1.807) is 82.9 Å². The highest BCUT2D eigenvalue weighted by Gasteiger charge is 2.32. The summed E-state index contributed by atoms with van der Waals surface area (Å²) in [7, 11) is 2.98. The van der Waals surface area contributed by atoms with Gasteiger partial charge in [0.15, 0.2) is 34.2 Å². The lowest BCUT2D eigenvalue weighted by Crippen LogP contribution is -2.35. The third-order valence-corrected chi connectivity index (χ3v) is 22.9. The number of fused-ring (bicyclic) bond motifs is 4. The fourth-order valence-electron chi connectivity index (χ4n) is 15.5. The number of amides is 4. The Bertz CT molecular complexity index is 5500. The molecule has 0 saturated heterocycles. The van der Waals surface area contributed by atoms with Crippen LogP contribution in [-0.2, 0) is 39.3 Å². The summed E-state index contributed by atoms with van der Waals surface area (Å²) in [4.78, 5) is 97.9. The van der Waals surface area contributed by atoms with Crippen molar-refractivity contribution in [3.05, 3.63) is 223 Å². The smallest absolute Gasteiger partial charge is 0.255 e. The number of aryl methyl sites for hydroxylation is 1. The molecule has 15 rings (SSSR count). The molecule has 3 fully saturated rings. The molecule has 4 amide bonds. The number of rotatable bonds is 29. The SMILES string of the molecule is CCCN(Cc1nc2cccnc2n1CC1CC1)C(=O)c1ccc(Cl)cc1Cl.CCCn1c(CN(CC(C)C)C(=O)c2ccc(F)c(Br)c2)nc2cccnc21.COc1ccc(C(=O)N(CCC(C)C)Cc2nc3cccnc3n2C2CCCC2)cc1Cl.COc1ccc(C(=O)N(Cc2nc3cccnc3n2C2CCCC2)CC(C)C)cc1F. The maximum Gasteiger partial charge on any atom is 0.255 e. The van der Waals surface area contributed by atoms with Crippen molar-refractivity contribution in [1.29, 1.82) is 0 Å². The van der Waals surface area contributed by atoms with Crippen LogP contribution < -0.4 is 9.47 Å². The van der Waals surface area contributed by atoms with Gasteiger partial charge in [-0.05, 0) is 219 Å². The zero-order valence-corrected chi connectivity index (χ0v) is 73.3. The van der Waals surface area contributed by atoms with Crippen LogP contribution in [0.1, 0.15) is 216 Å². The minimum Gasteiger partial charge on any atom is -0.495 e. The summed E-state index contributed by atoms with van der Waals surface area (Å²) in [5, 5.41) is 1.32. The van der Waals surface area contributed by atoms with Crippen molar-refractivity contribution in [1.82, 2.24) is 77.7 Å². The molecule has 0 radical (unpaired) electrons. The highest BCUT2D eigenvalue weighted by atomic mass is 79.9. The first-order valence-electron chi connectivity index (χ1n) is 41.4. The van der Waals surface area contributed by atoms with Gasteiger partial charge < -0.3 is 47.3 Å². The van der Waals surface area contributed by atoms with E-state index in [1.807, 2.05) is 59.6 Å².